The number of anilines is 1. The Kier molecular flexibility index (Phi) is 4.80. The molecule has 2 amide bonds. The average Bonchev–Trinajstić information content (AvgIpc) is 2.36. The van der Waals surface area contributed by atoms with E-state index in [4.69, 9.17) is 10.9 Å². The van der Waals surface area contributed by atoms with Gasteiger partial charge < -0.3 is 21.6 Å². The zero-order valence-electron chi connectivity index (χ0n) is 9.55. The van der Waals surface area contributed by atoms with E-state index in [-0.39, 0.29) is 5.84 Å². The van der Waals surface area contributed by atoms with Crippen molar-refractivity contribution >= 4 is 17.6 Å². The van der Waals surface area contributed by atoms with Gasteiger partial charge in [-0.3, -0.25) is 0 Å². The van der Waals surface area contributed by atoms with Gasteiger partial charge >= 0.3 is 6.03 Å². The van der Waals surface area contributed by atoms with Gasteiger partial charge in [0.05, 0.1) is 6.04 Å². The zero-order chi connectivity index (χ0) is 12.7. The third-order valence-electron chi connectivity index (χ3n) is 2.22. The van der Waals surface area contributed by atoms with E-state index in [1.54, 1.807) is 12.1 Å². The molecule has 6 heteroatoms. The number of hydrogen-bond donors (Lipinski definition) is 4. The van der Waals surface area contributed by atoms with Gasteiger partial charge in [0, 0.05) is 5.69 Å². The lowest BCUT2D eigenvalue weighted by Gasteiger charge is -2.15. The molecule has 92 valence electrons. The molecule has 0 heterocycles. The lowest BCUT2D eigenvalue weighted by molar-refractivity contribution is 0.250. The molecular formula is C11H16N4O2. The van der Waals surface area contributed by atoms with E-state index < -0.39 is 12.1 Å². The second kappa shape index (κ2) is 6.37. The van der Waals surface area contributed by atoms with Crippen molar-refractivity contribution in [1.82, 2.24) is 5.32 Å². The Morgan fingerprint density at radius 1 is 1.47 bits per heavy atom. The Labute approximate surface area is 99.5 Å². The van der Waals surface area contributed by atoms with Crippen molar-refractivity contribution in [3.05, 3.63) is 30.3 Å². The molecule has 0 saturated heterocycles. The first-order valence-corrected chi connectivity index (χ1v) is 5.27. The number of para-hydroxylation sites is 1. The molecule has 1 atom stereocenters. The SMILES string of the molecule is CCC(NC(=O)Nc1ccccc1)/C(N)=N/O. The van der Waals surface area contributed by atoms with Gasteiger partial charge in [0.25, 0.3) is 0 Å². The summed E-state index contributed by atoms with van der Waals surface area (Å²) in [7, 11) is 0. The molecule has 1 aromatic rings. The van der Waals surface area contributed by atoms with Gasteiger partial charge in [-0.2, -0.15) is 0 Å². The fourth-order valence-corrected chi connectivity index (χ4v) is 1.30. The summed E-state index contributed by atoms with van der Waals surface area (Å²) in [5, 5.41) is 16.6. The molecular weight excluding hydrogens is 220 g/mol. The van der Waals surface area contributed by atoms with Crippen LogP contribution in [0.1, 0.15) is 13.3 Å². The summed E-state index contributed by atoms with van der Waals surface area (Å²) in [6.45, 7) is 1.82. The molecule has 1 rings (SSSR count). The number of nitrogens with one attached hydrogen (secondary N) is 2. The van der Waals surface area contributed by atoms with Crippen molar-refractivity contribution < 1.29 is 10.0 Å². The molecule has 17 heavy (non-hydrogen) atoms. The highest BCUT2D eigenvalue weighted by molar-refractivity contribution is 5.94. The predicted molar refractivity (Wildman–Crippen MR) is 66.1 cm³/mol. The minimum Gasteiger partial charge on any atom is -0.409 e. The zero-order valence-corrected chi connectivity index (χ0v) is 9.55. The first kappa shape index (κ1) is 12.8. The van der Waals surface area contributed by atoms with Crippen LogP contribution >= 0.6 is 0 Å². The van der Waals surface area contributed by atoms with Crippen molar-refractivity contribution in [3.63, 3.8) is 0 Å². The third kappa shape index (κ3) is 4.02. The van der Waals surface area contributed by atoms with Crippen LogP contribution in [-0.2, 0) is 0 Å². The second-order valence-electron chi connectivity index (χ2n) is 3.45. The smallest absolute Gasteiger partial charge is 0.319 e. The molecule has 6 nitrogen and oxygen atoms in total. The first-order valence-electron chi connectivity index (χ1n) is 5.27. The molecule has 0 saturated carbocycles. The third-order valence-corrected chi connectivity index (χ3v) is 2.22. The highest BCUT2D eigenvalue weighted by Gasteiger charge is 2.14. The van der Waals surface area contributed by atoms with Crippen molar-refractivity contribution in [2.24, 2.45) is 10.9 Å². The number of nitrogens with zero attached hydrogens (tertiary/aromatic N) is 1. The number of benzene rings is 1. The Morgan fingerprint density at radius 3 is 2.65 bits per heavy atom. The standard InChI is InChI=1S/C11H16N4O2/c1-2-9(10(12)15-17)14-11(16)13-8-6-4-3-5-7-8/h3-7,9,17H,2H2,1H3,(H2,12,15)(H2,13,14,16). The van der Waals surface area contributed by atoms with E-state index in [1.807, 2.05) is 25.1 Å². The number of carbonyl (C=O) groups excluding carboxylic acids is 1. The van der Waals surface area contributed by atoms with Crippen molar-refractivity contribution in [1.29, 1.82) is 0 Å². The van der Waals surface area contributed by atoms with Crippen LogP contribution in [0.25, 0.3) is 0 Å². The summed E-state index contributed by atoms with van der Waals surface area (Å²) in [6.07, 6.45) is 0.540. The summed E-state index contributed by atoms with van der Waals surface area (Å²) in [6, 6.07) is 8.15. The number of amidine groups is 1. The largest absolute Gasteiger partial charge is 0.409 e. The Bertz CT molecular complexity index is 392. The maximum Gasteiger partial charge on any atom is 0.319 e. The van der Waals surface area contributed by atoms with E-state index in [2.05, 4.69) is 15.8 Å². The fraction of sp³-hybridized carbons (Fsp3) is 0.273. The minimum atomic E-state index is -0.483. The molecule has 5 N–H and O–H groups in total. The average molecular weight is 236 g/mol. The van der Waals surface area contributed by atoms with Crippen LogP contribution in [0.3, 0.4) is 0 Å². The number of urea groups is 1. The second-order valence-corrected chi connectivity index (χ2v) is 3.45. The molecule has 0 aliphatic carbocycles. The molecule has 0 spiro atoms. The normalized spacial score (nSPS) is 12.9. The van der Waals surface area contributed by atoms with E-state index in [0.717, 1.165) is 0 Å². The summed E-state index contributed by atoms with van der Waals surface area (Å²) in [5.74, 6) is -0.0179. The van der Waals surface area contributed by atoms with Gasteiger partial charge in [-0.1, -0.05) is 30.3 Å². The quantitative estimate of drug-likeness (QED) is 0.274. The van der Waals surface area contributed by atoms with Gasteiger partial charge in [0.1, 0.15) is 0 Å². The van der Waals surface area contributed by atoms with Gasteiger partial charge in [0.2, 0.25) is 0 Å². The van der Waals surface area contributed by atoms with Gasteiger partial charge in [0.15, 0.2) is 5.84 Å². The molecule has 1 unspecified atom stereocenters. The van der Waals surface area contributed by atoms with Gasteiger partial charge in [-0.05, 0) is 18.6 Å². The summed E-state index contributed by atoms with van der Waals surface area (Å²) >= 11 is 0. The number of carbonyl (C=O) groups is 1. The summed E-state index contributed by atoms with van der Waals surface area (Å²) in [5.41, 5.74) is 6.11. The topological polar surface area (TPSA) is 99.7 Å². The number of nitrogens with two attached hydrogens (primary N) is 1. The molecule has 0 aliphatic heterocycles. The van der Waals surface area contributed by atoms with Crippen LogP contribution in [0.2, 0.25) is 0 Å². The van der Waals surface area contributed by atoms with Crippen LogP contribution in [0.4, 0.5) is 10.5 Å². The lowest BCUT2D eigenvalue weighted by Crippen LogP contribution is -2.45. The van der Waals surface area contributed by atoms with E-state index in [1.165, 1.54) is 0 Å². The van der Waals surface area contributed by atoms with Crippen LogP contribution in [0.5, 0.6) is 0 Å². The van der Waals surface area contributed by atoms with Crippen LogP contribution in [0, 0.1) is 0 Å². The van der Waals surface area contributed by atoms with E-state index in [9.17, 15) is 4.79 Å². The molecule has 0 aromatic heterocycles. The Hall–Kier alpha value is -2.24. The molecule has 0 bridgehead atoms. The maximum absolute atomic E-state index is 11.6. The van der Waals surface area contributed by atoms with Crippen LogP contribution < -0.4 is 16.4 Å². The van der Waals surface area contributed by atoms with E-state index >= 15 is 0 Å². The predicted octanol–water partition coefficient (Wildman–Crippen LogP) is 1.33. The molecule has 0 aliphatic rings. The molecule has 0 fully saturated rings. The first-order chi connectivity index (χ1) is 8.17. The van der Waals surface area contributed by atoms with Crippen molar-refractivity contribution in [3.8, 4) is 0 Å². The Morgan fingerprint density at radius 2 is 2.12 bits per heavy atom. The Balaban J connectivity index is 2.55. The fourth-order valence-electron chi connectivity index (χ4n) is 1.30. The minimum absolute atomic E-state index is 0.0179. The molecule has 1 aromatic carbocycles. The number of rotatable bonds is 4. The number of hydrogen-bond acceptors (Lipinski definition) is 3. The van der Waals surface area contributed by atoms with Crippen molar-refractivity contribution in [2.45, 2.75) is 19.4 Å². The van der Waals surface area contributed by atoms with Crippen LogP contribution in [-0.4, -0.2) is 23.1 Å². The van der Waals surface area contributed by atoms with Crippen molar-refractivity contribution in [2.75, 3.05) is 5.32 Å². The lowest BCUT2D eigenvalue weighted by atomic mass is 10.2. The monoisotopic (exact) mass is 236 g/mol. The maximum atomic E-state index is 11.6. The number of oxime groups is 1. The summed E-state index contributed by atoms with van der Waals surface area (Å²) in [4.78, 5) is 11.6. The van der Waals surface area contributed by atoms with Gasteiger partial charge in [-0.15, -0.1) is 0 Å². The van der Waals surface area contributed by atoms with Gasteiger partial charge in [-0.25, -0.2) is 4.79 Å². The molecule has 0 radical (unpaired) electrons. The van der Waals surface area contributed by atoms with E-state index in [0.29, 0.717) is 12.1 Å². The van der Waals surface area contributed by atoms with Crippen LogP contribution in [0.15, 0.2) is 35.5 Å². The summed E-state index contributed by atoms with van der Waals surface area (Å²) < 4.78 is 0. The highest BCUT2D eigenvalue weighted by Crippen LogP contribution is 2.04. The highest BCUT2D eigenvalue weighted by atomic mass is 16.4. The number of amides is 2.